The quantitative estimate of drug-likeness (QED) is 0.773. The molecule has 1 aromatic carbocycles. The first-order valence-electron chi connectivity index (χ1n) is 8.24. The second-order valence-corrected chi connectivity index (χ2v) is 6.18. The number of rotatable bonds is 7. The van der Waals surface area contributed by atoms with Gasteiger partial charge < -0.3 is 14.6 Å². The molecule has 1 saturated carbocycles. The van der Waals surface area contributed by atoms with Crippen LogP contribution in [0.3, 0.4) is 0 Å². The van der Waals surface area contributed by atoms with E-state index < -0.39 is 6.10 Å². The van der Waals surface area contributed by atoms with Crippen LogP contribution in [0.1, 0.15) is 44.6 Å². The molecule has 0 spiro atoms. The first-order chi connectivity index (χ1) is 10.7. The lowest BCUT2D eigenvalue weighted by molar-refractivity contribution is -0.129. The maximum absolute atomic E-state index is 10.8. The van der Waals surface area contributed by atoms with Crippen LogP contribution in [0.25, 0.3) is 6.08 Å². The molecule has 1 aliphatic carbocycles. The molecule has 1 aliphatic rings. The molecule has 3 heteroatoms. The highest BCUT2D eigenvalue weighted by Gasteiger charge is 2.31. The minimum Gasteiger partial charge on any atom is -0.386 e. The van der Waals surface area contributed by atoms with Crippen LogP contribution in [-0.2, 0) is 9.47 Å². The molecular weight excluding hydrogens is 276 g/mol. The van der Waals surface area contributed by atoms with E-state index in [1.165, 1.54) is 19.3 Å². The summed E-state index contributed by atoms with van der Waals surface area (Å²) in [6.07, 6.45) is 7.28. The van der Waals surface area contributed by atoms with Gasteiger partial charge in [-0.2, -0.15) is 0 Å². The van der Waals surface area contributed by atoms with Crippen LogP contribution < -0.4 is 0 Å². The molecule has 0 saturated heterocycles. The van der Waals surface area contributed by atoms with Crippen LogP contribution in [0.15, 0.2) is 35.9 Å². The van der Waals surface area contributed by atoms with Crippen molar-refractivity contribution in [3.8, 4) is 0 Å². The molecule has 0 unspecified atom stereocenters. The maximum Gasteiger partial charge on any atom is 0.146 e. The number of methoxy groups -OCH3 is 1. The predicted octanol–water partition coefficient (Wildman–Crippen LogP) is 4.02. The van der Waals surface area contributed by atoms with Gasteiger partial charge >= 0.3 is 0 Å². The first-order valence-corrected chi connectivity index (χ1v) is 8.24. The summed E-state index contributed by atoms with van der Waals surface area (Å²) in [6, 6.07) is 10.1. The summed E-state index contributed by atoms with van der Waals surface area (Å²) in [5.41, 5.74) is 2.05. The summed E-state index contributed by atoms with van der Waals surface area (Å²) >= 11 is 0. The van der Waals surface area contributed by atoms with Crippen molar-refractivity contribution in [2.45, 2.75) is 51.2 Å². The number of hydrogen-bond donors (Lipinski definition) is 1. The third kappa shape index (κ3) is 4.94. The molecule has 0 bridgehead atoms. The minimum absolute atomic E-state index is 0.180. The fraction of sp³-hybridized carbons (Fsp3) is 0.579. The third-order valence-corrected chi connectivity index (χ3v) is 4.46. The van der Waals surface area contributed by atoms with Gasteiger partial charge in [0.25, 0.3) is 0 Å². The van der Waals surface area contributed by atoms with E-state index in [0.717, 1.165) is 24.0 Å². The Morgan fingerprint density at radius 1 is 1.23 bits per heavy atom. The van der Waals surface area contributed by atoms with Gasteiger partial charge in [0.15, 0.2) is 0 Å². The van der Waals surface area contributed by atoms with E-state index in [0.29, 0.717) is 5.92 Å². The molecule has 1 fully saturated rings. The van der Waals surface area contributed by atoms with Crippen molar-refractivity contribution in [2.24, 2.45) is 5.92 Å². The highest BCUT2D eigenvalue weighted by Crippen LogP contribution is 2.31. The van der Waals surface area contributed by atoms with Gasteiger partial charge in [-0.05, 0) is 36.8 Å². The van der Waals surface area contributed by atoms with E-state index in [-0.39, 0.29) is 12.9 Å². The van der Waals surface area contributed by atoms with Gasteiger partial charge in [-0.25, -0.2) is 0 Å². The van der Waals surface area contributed by atoms with Crippen LogP contribution in [0.4, 0.5) is 0 Å². The summed E-state index contributed by atoms with van der Waals surface area (Å²) < 4.78 is 10.9. The van der Waals surface area contributed by atoms with Gasteiger partial charge in [-0.3, -0.25) is 0 Å². The van der Waals surface area contributed by atoms with E-state index in [4.69, 9.17) is 9.47 Å². The smallest absolute Gasteiger partial charge is 0.146 e. The average Bonchev–Trinajstić information content (AvgIpc) is 2.57. The topological polar surface area (TPSA) is 38.7 Å². The Labute approximate surface area is 134 Å². The standard InChI is InChI=1S/C19H28O3/c1-15(13-16-9-5-3-6-10-16)18(20)19(22-14-21-2)17-11-7-4-8-12-17/h3,5-6,9-10,13,17-20H,4,7-8,11-12,14H2,1-2H3/b15-13+/t18-,19+/m0/s1. The Kier molecular flexibility index (Phi) is 7.10. The third-order valence-electron chi connectivity index (χ3n) is 4.46. The molecule has 22 heavy (non-hydrogen) atoms. The van der Waals surface area contributed by atoms with Crippen molar-refractivity contribution >= 4 is 6.08 Å². The predicted molar refractivity (Wildman–Crippen MR) is 89.4 cm³/mol. The SMILES string of the molecule is COCO[C@H](C1CCCCC1)[C@@H](O)/C(C)=C/c1ccccc1. The van der Waals surface area contributed by atoms with E-state index in [1.54, 1.807) is 7.11 Å². The average molecular weight is 304 g/mol. The second kappa shape index (κ2) is 9.09. The van der Waals surface area contributed by atoms with Crippen molar-refractivity contribution in [3.05, 3.63) is 41.5 Å². The normalized spacial score (nSPS) is 19.9. The Hall–Kier alpha value is -1.16. The largest absolute Gasteiger partial charge is 0.386 e. The molecule has 2 rings (SSSR count). The van der Waals surface area contributed by atoms with Crippen molar-refractivity contribution in [1.82, 2.24) is 0 Å². The van der Waals surface area contributed by atoms with Crippen molar-refractivity contribution < 1.29 is 14.6 Å². The van der Waals surface area contributed by atoms with Crippen LogP contribution in [0, 0.1) is 5.92 Å². The summed E-state index contributed by atoms with van der Waals surface area (Å²) in [5, 5.41) is 10.8. The summed E-state index contributed by atoms with van der Waals surface area (Å²) in [7, 11) is 1.62. The van der Waals surface area contributed by atoms with Crippen LogP contribution in [0.2, 0.25) is 0 Å². The maximum atomic E-state index is 10.8. The van der Waals surface area contributed by atoms with Crippen LogP contribution in [0.5, 0.6) is 0 Å². The lowest BCUT2D eigenvalue weighted by Crippen LogP contribution is -2.38. The molecular formula is C19H28O3. The van der Waals surface area contributed by atoms with E-state index >= 15 is 0 Å². The van der Waals surface area contributed by atoms with Crippen molar-refractivity contribution in [3.63, 3.8) is 0 Å². The van der Waals surface area contributed by atoms with Crippen molar-refractivity contribution in [2.75, 3.05) is 13.9 Å². The first kappa shape index (κ1) is 17.2. The lowest BCUT2D eigenvalue weighted by Gasteiger charge is -2.33. The van der Waals surface area contributed by atoms with Gasteiger partial charge in [0, 0.05) is 7.11 Å². The molecule has 122 valence electrons. The molecule has 0 radical (unpaired) electrons. The number of hydrogen-bond acceptors (Lipinski definition) is 3. The highest BCUT2D eigenvalue weighted by molar-refractivity contribution is 5.53. The Morgan fingerprint density at radius 3 is 2.55 bits per heavy atom. The fourth-order valence-electron chi connectivity index (χ4n) is 3.25. The minimum atomic E-state index is -0.585. The molecule has 1 aromatic rings. The highest BCUT2D eigenvalue weighted by atomic mass is 16.7. The lowest BCUT2D eigenvalue weighted by atomic mass is 9.82. The van der Waals surface area contributed by atoms with Gasteiger partial charge in [0.1, 0.15) is 12.9 Å². The summed E-state index contributed by atoms with van der Waals surface area (Å²) in [5.74, 6) is 0.415. The second-order valence-electron chi connectivity index (χ2n) is 6.18. The molecule has 1 N–H and O–H groups in total. The number of aliphatic hydroxyl groups is 1. The summed E-state index contributed by atoms with van der Waals surface area (Å²) in [4.78, 5) is 0. The summed E-state index contributed by atoms with van der Waals surface area (Å²) in [6.45, 7) is 2.21. The van der Waals surface area contributed by atoms with Gasteiger partial charge in [0.05, 0.1) is 6.10 Å². The van der Waals surface area contributed by atoms with Crippen LogP contribution >= 0.6 is 0 Å². The Balaban J connectivity index is 2.09. The number of ether oxygens (including phenoxy) is 2. The number of benzene rings is 1. The van der Waals surface area contributed by atoms with E-state index in [2.05, 4.69) is 0 Å². The van der Waals surface area contributed by atoms with Gasteiger partial charge in [0.2, 0.25) is 0 Å². The van der Waals surface area contributed by atoms with E-state index in [9.17, 15) is 5.11 Å². The molecule has 0 heterocycles. The van der Waals surface area contributed by atoms with Crippen molar-refractivity contribution in [1.29, 1.82) is 0 Å². The zero-order valence-electron chi connectivity index (χ0n) is 13.7. The monoisotopic (exact) mass is 304 g/mol. The molecule has 0 aliphatic heterocycles. The molecule has 0 amide bonds. The Morgan fingerprint density at radius 2 is 1.91 bits per heavy atom. The molecule has 0 aromatic heterocycles. The zero-order chi connectivity index (χ0) is 15.8. The number of aliphatic hydroxyl groups excluding tert-OH is 1. The zero-order valence-corrected chi connectivity index (χ0v) is 13.7. The van der Waals surface area contributed by atoms with Crippen LogP contribution in [-0.4, -0.2) is 31.2 Å². The van der Waals surface area contributed by atoms with Gasteiger partial charge in [-0.15, -0.1) is 0 Å². The molecule has 3 nitrogen and oxygen atoms in total. The molecule has 2 atom stereocenters. The van der Waals surface area contributed by atoms with Gasteiger partial charge in [-0.1, -0.05) is 55.7 Å². The Bertz CT molecular complexity index is 449. The fourth-order valence-corrected chi connectivity index (χ4v) is 3.25. The van der Waals surface area contributed by atoms with E-state index in [1.807, 2.05) is 43.3 Å².